The summed E-state index contributed by atoms with van der Waals surface area (Å²) in [6, 6.07) is 0. The molecular weight excluding hydrogens is 247 g/mol. The van der Waals surface area contributed by atoms with E-state index in [1.165, 1.54) is 0 Å². The fraction of sp³-hybridized carbons (Fsp3) is 0.917. The van der Waals surface area contributed by atoms with Crippen LogP contribution in [-0.2, 0) is 9.53 Å². The number of carbonyl (C=O) groups excluding carboxylic acids is 1. The highest BCUT2D eigenvalue weighted by atomic mass is 19.4. The summed E-state index contributed by atoms with van der Waals surface area (Å²) in [5.41, 5.74) is -1.15. The van der Waals surface area contributed by atoms with E-state index in [0.29, 0.717) is 18.8 Å². The van der Waals surface area contributed by atoms with Crippen LogP contribution in [0.25, 0.3) is 0 Å². The molecule has 0 radical (unpaired) electrons. The van der Waals surface area contributed by atoms with Gasteiger partial charge in [-0.1, -0.05) is 6.92 Å². The number of nitrogens with one attached hydrogen (secondary N) is 1. The molecule has 0 saturated heterocycles. The molecule has 0 aromatic carbocycles. The van der Waals surface area contributed by atoms with Crippen LogP contribution < -0.4 is 5.32 Å². The summed E-state index contributed by atoms with van der Waals surface area (Å²) in [5.74, 6) is -0.110. The monoisotopic (exact) mass is 267 g/mol. The lowest BCUT2D eigenvalue weighted by Crippen LogP contribution is -2.57. The minimum absolute atomic E-state index is 0.184. The van der Waals surface area contributed by atoms with E-state index in [0.717, 1.165) is 12.8 Å². The van der Waals surface area contributed by atoms with E-state index in [1.807, 2.05) is 6.92 Å². The van der Waals surface area contributed by atoms with Gasteiger partial charge < -0.3 is 4.74 Å². The molecule has 1 saturated carbocycles. The van der Waals surface area contributed by atoms with Gasteiger partial charge in [-0.3, -0.25) is 10.1 Å². The highest BCUT2D eigenvalue weighted by Crippen LogP contribution is 2.33. The Balaban J connectivity index is 2.71. The first kappa shape index (κ1) is 15.3. The average molecular weight is 267 g/mol. The predicted octanol–water partition coefficient (Wildman–Crippen LogP) is 2.65. The molecule has 1 aliphatic rings. The molecule has 1 N–H and O–H groups in total. The van der Waals surface area contributed by atoms with Crippen molar-refractivity contribution in [3.63, 3.8) is 0 Å². The molecule has 1 aliphatic carbocycles. The maximum Gasteiger partial charge on any atom is 0.401 e. The molecule has 6 heteroatoms. The summed E-state index contributed by atoms with van der Waals surface area (Å²) >= 11 is 0. The van der Waals surface area contributed by atoms with Crippen LogP contribution in [0.1, 0.15) is 39.5 Å². The lowest BCUT2D eigenvalue weighted by atomic mass is 9.77. The Bertz CT molecular complexity index is 284. The van der Waals surface area contributed by atoms with Crippen molar-refractivity contribution in [1.82, 2.24) is 5.32 Å². The number of rotatable bonds is 4. The molecular formula is C12H20F3NO2. The quantitative estimate of drug-likeness (QED) is 0.796. The third-order valence-corrected chi connectivity index (χ3v) is 3.42. The summed E-state index contributed by atoms with van der Waals surface area (Å²) in [6.07, 6.45) is -2.03. The molecule has 0 unspecified atom stereocenters. The fourth-order valence-electron chi connectivity index (χ4n) is 2.25. The molecule has 0 aromatic rings. The second kappa shape index (κ2) is 5.91. The minimum Gasteiger partial charge on any atom is -0.465 e. The third-order valence-electron chi connectivity index (χ3n) is 3.42. The Morgan fingerprint density at radius 3 is 2.39 bits per heavy atom. The molecule has 0 aromatic heterocycles. The zero-order chi connectivity index (χ0) is 13.8. The van der Waals surface area contributed by atoms with Crippen LogP contribution in [0, 0.1) is 5.92 Å². The van der Waals surface area contributed by atoms with E-state index in [1.54, 1.807) is 6.92 Å². The molecule has 3 nitrogen and oxygen atoms in total. The van der Waals surface area contributed by atoms with Crippen LogP contribution in [-0.4, -0.2) is 30.8 Å². The molecule has 0 amide bonds. The minimum atomic E-state index is -4.32. The summed E-state index contributed by atoms with van der Waals surface area (Å²) in [5, 5.41) is 2.38. The number of ether oxygens (including phenoxy) is 1. The normalized spacial score (nSPS) is 29.1. The third kappa shape index (κ3) is 4.15. The van der Waals surface area contributed by atoms with Crippen molar-refractivity contribution in [2.45, 2.75) is 51.2 Å². The van der Waals surface area contributed by atoms with E-state index in [2.05, 4.69) is 5.32 Å². The van der Waals surface area contributed by atoms with Gasteiger partial charge >= 0.3 is 12.1 Å². The van der Waals surface area contributed by atoms with E-state index in [4.69, 9.17) is 4.74 Å². The van der Waals surface area contributed by atoms with E-state index >= 15 is 0 Å². The number of halogens is 3. The van der Waals surface area contributed by atoms with Crippen molar-refractivity contribution in [3.05, 3.63) is 0 Å². The van der Waals surface area contributed by atoms with Gasteiger partial charge in [0.15, 0.2) is 0 Å². The molecule has 0 heterocycles. The Kier molecular flexibility index (Phi) is 5.01. The van der Waals surface area contributed by atoms with Crippen LogP contribution in [0.4, 0.5) is 13.2 Å². The smallest absolute Gasteiger partial charge is 0.401 e. The Morgan fingerprint density at radius 1 is 1.39 bits per heavy atom. The maximum absolute atomic E-state index is 12.3. The van der Waals surface area contributed by atoms with Crippen molar-refractivity contribution in [1.29, 1.82) is 0 Å². The molecule has 18 heavy (non-hydrogen) atoms. The SMILES string of the molecule is CCOC(=O)C1(NCC(F)(F)F)CCC(C)CC1. The largest absolute Gasteiger partial charge is 0.465 e. The predicted molar refractivity (Wildman–Crippen MR) is 61.1 cm³/mol. The first-order chi connectivity index (χ1) is 8.29. The van der Waals surface area contributed by atoms with Gasteiger partial charge in [-0.25, -0.2) is 0 Å². The van der Waals surface area contributed by atoms with E-state index < -0.39 is 24.2 Å². The van der Waals surface area contributed by atoms with Crippen molar-refractivity contribution < 1.29 is 22.7 Å². The van der Waals surface area contributed by atoms with Crippen LogP contribution in [0.5, 0.6) is 0 Å². The van der Waals surface area contributed by atoms with Gasteiger partial charge in [-0.15, -0.1) is 0 Å². The highest BCUT2D eigenvalue weighted by Gasteiger charge is 2.44. The van der Waals surface area contributed by atoms with Gasteiger partial charge in [0.1, 0.15) is 5.54 Å². The summed E-state index contributed by atoms with van der Waals surface area (Å²) in [7, 11) is 0. The second-order valence-corrected chi connectivity index (χ2v) is 4.95. The average Bonchev–Trinajstić information content (AvgIpc) is 2.28. The summed E-state index contributed by atoms with van der Waals surface area (Å²) < 4.78 is 41.8. The van der Waals surface area contributed by atoms with Crippen LogP contribution >= 0.6 is 0 Å². The van der Waals surface area contributed by atoms with Crippen molar-refractivity contribution in [3.8, 4) is 0 Å². The van der Waals surface area contributed by atoms with Crippen LogP contribution in [0.2, 0.25) is 0 Å². The van der Waals surface area contributed by atoms with E-state index in [-0.39, 0.29) is 6.61 Å². The Labute approximate surface area is 105 Å². The maximum atomic E-state index is 12.3. The molecule has 0 bridgehead atoms. The van der Waals surface area contributed by atoms with Gasteiger partial charge in [0.05, 0.1) is 13.2 Å². The first-order valence-corrected chi connectivity index (χ1v) is 6.28. The van der Waals surface area contributed by atoms with Gasteiger partial charge in [-0.05, 0) is 38.5 Å². The molecule has 1 fully saturated rings. The highest BCUT2D eigenvalue weighted by molar-refractivity contribution is 5.81. The molecule has 1 rings (SSSR count). The molecule has 0 aliphatic heterocycles. The Morgan fingerprint density at radius 2 is 1.94 bits per heavy atom. The topological polar surface area (TPSA) is 38.3 Å². The number of alkyl halides is 3. The lowest BCUT2D eigenvalue weighted by Gasteiger charge is -2.38. The van der Waals surface area contributed by atoms with Gasteiger partial charge in [0.2, 0.25) is 0 Å². The first-order valence-electron chi connectivity index (χ1n) is 6.28. The number of hydrogen-bond donors (Lipinski definition) is 1. The van der Waals surface area contributed by atoms with Gasteiger partial charge in [-0.2, -0.15) is 13.2 Å². The molecule has 106 valence electrons. The van der Waals surface area contributed by atoms with Crippen molar-refractivity contribution in [2.24, 2.45) is 5.92 Å². The second-order valence-electron chi connectivity index (χ2n) is 4.95. The number of carbonyl (C=O) groups is 1. The van der Waals surface area contributed by atoms with Crippen molar-refractivity contribution >= 4 is 5.97 Å². The number of hydrogen-bond acceptors (Lipinski definition) is 3. The zero-order valence-corrected chi connectivity index (χ0v) is 10.8. The van der Waals surface area contributed by atoms with Gasteiger partial charge in [0, 0.05) is 0 Å². The fourth-order valence-corrected chi connectivity index (χ4v) is 2.25. The van der Waals surface area contributed by atoms with E-state index in [9.17, 15) is 18.0 Å². The van der Waals surface area contributed by atoms with Crippen molar-refractivity contribution in [2.75, 3.05) is 13.2 Å². The van der Waals surface area contributed by atoms with Crippen LogP contribution in [0.15, 0.2) is 0 Å². The Hall–Kier alpha value is -0.780. The summed E-state index contributed by atoms with van der Waals surface area (Å²) in [6.45, 7) is 2.73. The van der Waals surface area contributed by atoms with Crippen LogP contribution in [0.3, 0.4) is 0 Å². The molecule has 0 atom stereocenters. The summed E-state index contributed by atoms with van der Waals surface area (Å²) in [4.78, 5) is 11.9. The zero-order valence-electron chi connectivity index (χ0n) is 10.8. The van der Waals surface area contributed by atoms with Gasteiger partial charge in [0.25, 0.3) is 0 Å². The number of esters is 1. The molecule has 0 spiro atoms. The lowest BCUT2D eigenvalue weighted by molar-refractivity contribution is -0.158. The standard InChI is InChI=1S/C12H20F3NO2/c1-3-18-10(17)11(16-8-12(13,14)15)6-4-9(2)5-7-11/h9,16H,3-8H2,1-2H3.